The SMILES string of the molecule is CN(C)CCN(C)C(=O)[C@H]1CC[C@H](C(=O)Nc2c(C(=O)Nc3ccc(Cl)cn3)oc3ccc(C(=O)N4CCOCC4)nc23)CC1. The Bertz CT molecular complexity index is 1550. The highest BCUT2D eigenvalue weighted by Crippen LogP contribution is 2.34. The van der Waals surface area contributed by atoms with Crippen LogP contribution in [0.3, 0.4) is 0 Å². The van der Waals surface area contributed by atoms with Crippen molar-refractivity contribution >= 4 is 57.8 Å². The zero-order chi connectivity index (χ0) is 32.1. The van der Waals surface area contributed by atoms with Crippen molar-refractivity contribution in [3.05, 3.63) is 46.9 Å². The summed E-state index contributed by atoms with van der Waals surface area (Å²) in [6.45, 7) is 3.15. The molecule has 0 unspecified atom stereocenters. The molecule has 2 aliphatic rings. The van der Waals surface area contributed by atoms with Crippen LogP contribution in [0.5, 0.6) is 0 Å². The summed E-state index contributed by atoms with van der Waals surface area (Å²) < 4.78 is 11.3. The lowest BCUT2D eigenvalue weighted by atomic mass is 9.81. The summed E-state index contributed by atoms with van der Waals surface area (Å²) in [5.74, 6) is -1.62. The molecule has 2 fully saturated rings. The molecule has 13 nitrogen and oxygen atoms in total. The van der Waals surface area contributed by atoms with Gasteiger partial charge in [0.15, 0.2) is 5.58 Å². The number of anilines is 2. The minimum atomic E-state index is -0.658. The van der Waals surface area contributed by atoms with Gasteiger partial charge in [-0.3, -0.25) is 19.2 Å². The summed E-state index contributed by atoms with van der Waals surface area (Å²) in [5.41, 5.74) is 0.639. The molecular weight excluding hydrogens is 602 g/mol. The van der Waals surface area contributed by atoms with E-state index in [0.717, 1.165) is 6.54 Å². The average molecular weight is 640 g/mol. The Labute approximate surface area is 266 Å². The molecule has 3 aromatic rings. The zero-order valence-corrected chi connectivity index (χ0v) is 26.4. The van der Waals surface area contributed by atoms with Crippen LogP contribution >= 0.6 is 11.6 Å². The van der Waals surface area contributed by atoms with Gasteiger partial charge in [0.2, 0.25) is 17.6 Å². The number of pyridine rings is 2. The predicted octanol–water partition coefficient (Wildman–Crippen LogP) is 3.37. The van der Waals surface area contributed by atoms with Crippen LogP contribution in [0.25, 0.3) is 11.1 Å². The summed E-state index contributed by atoms with van der Waals surface area (Å²) >= 11 is 5.93. The minimum Gasteiger partial charge on any atom is -0.447 e. The molecular formula is C31H38ClN7O6. The number of carbonyl (C=O) groups is 4. The fourth-order valence-electron chi connectivity index (χ4n) is 5.52. The lowest BCUT2D eigenvalue weighted by molar-refractivity contribution is -0.136. The molecule has 2 N–H and O–H groups in total. The third-order valence-electron chi connectivity index (χ3n) is 8.18. The summed E-state index contributed by atoms with van der Waals surface area (Å²) in [4.78, 5) is 67.3. The maximum absolute atomic E-state index is 13.6. The largest absolute Gasteiger partial charge is 0.447 e. The number of halogens is 1. The Kier molecular flexibility index (Phi) is 10.3. The van der Waals surface area contributed by atoms with Crippen LogP contribution in [-0.2, 0) is 14.3 Å². The first-order valence-electron chi connectivity index (χ1n) is 15.0. The third-order valence-corrected chi connectivity index (χ3v) is 8.40. The molecule has 0 atom stereocenters. The molecule has 1 aliphatic heterocycles. The number of hydrogen-bond acceptors (Lipinski definition) is 9. The molecule has 0 bridgehead atoms. The summed E-state index contributed by atoms with van der Waals surface area (Å²) in [7, 11) is 5.74. The maximum Gasteiger partial charge on any atom is 0.294 e. The van der Waals surface area contributed by atoms with Crippen LogP contribution < -0.4 is 10.6 Å². The average Bonchev–Trinajstić information content (AvgIpc) is 3.41. The second-order valence-corrected chi connectivity index (χ2v) is 12.1. The first-order valence-corrected chi connectivity index (χ1v) is 15.4. The molecule has 4 amide bonds. The van der Waals surface area contributed by atoms with Gasteiger partial charge in [-0.25, -0.2) is 9.97 Å². The highest BCUT2D eigenvalue weighted by Gasteiger charge is 2.33. The molecule has 14 heteroatoms. The highest BCUT2D eigenvalue weighted by molar-refractivity contribution is 6.30. The molecule has 4 heterocycles. The quantitative estimate of drug-likeness (QED) is 0.359. The maximum atomic E-state index is 13.6. The van der Waals surface area contributed by atoms with E-state index in [4.69, 9.17) is 20.8 Å². The second kappa shape index (κ2) is 14.4. The van der Waals surface area contributed by atoms with Gasteiger partial charge in [0.1, 0.15) is 22.7 Å². The van der Waals surface area contributed by atoms with Crippen LogP contribution in [0.1, 0.15) is 46.7 Å². The third kappa shape index (κ3) is 7.78. The monoisotopic (exact) mass is 639 g/mol. The van der Waals surface area contributed by atoms with E-state index in [0.29, 0.717) is 63.6 Å². The summed E-state index contributed by atoms with van der Waals surface area (Å²) in [6, 6.07) is 6.21. The summed E-state index contributed by atoms with van der Waals surface area (Å²) in [6.07, 6.45) is 3.60. The van der Waals surface area contributed by atoms with Gasteiger partial charge in [-0.05, 0) is 64.0 Å². The first kappa shape index (κ1) is 32.3. The van der Waals surface area contributed by atoms with E-state index in [-0.39, 0.29) is 63.6 Å². The van der Waals surface area contributed by atoms with Crippen LogP contribution in [0.15, 0.2) is 34.9 Å². The number of nitrogens with zero attached hydrogens (tertiary/aromatic N) is 5. The van der Waals surface area contributed by atoms with Gasteiger partial charge in [0, 0.05) is 51.3 Å². The number of aromatic nitrogens is 2. The number of carbonyl (C=O) groups excluding carboxylic acids is 4. The number of nitrogens with one attached hydrogen (secondary N) is 2. The van der Waals surface area contributed by atoms with Gasteiger partial charge in [-0.2, -0.15) is 0 Å². The van der Waals surface area contributed by atoms with Gasteiger partial charge in [0.25, 0.3) is 11.8 Å². The summed E-state index contributed by atoms with van der Waals surface area (Å²) in [5, 5.41) is 5.95. The van der Waals surface area contributed by atoms with E-state index in [1.54, 1.807) is 21.9 Å². The fourth-order valence-corrected chi connectivity index (χ4v) is 5.63. The molecule has 1 saturated heterocycles. The van der Waals surface area contributed by atoms with Crippen LogP contribution in [0.2, 0.25) is 5.02 Å². The lowest BCUT2D eigenvalue weighted by Crippen LogP contribution is -2.41. The van der Waals surface area contributed by atoms with E-state index in [1.165, 1.54) is 18.3 Å². The number of furan rings is 1. The molecule has 0 radical (unpaired) electrons. The van der Waals surface area contributed by atoms with Crippen molar-refractivity contribution in [2.75, 3.05) is 71.2 Å². The van der Waals surface area contributed by atoms with E-state index in [2.05, 4.69) is 20.6 Å². The Morgan fingerprint density at radius 1 is 0.956 bits per heavy atom. The Balaban J connectivity index is 1.36. The van der Waals surface area contributed by atoms with E-state index >= 15 is 0 Å². The number of hydrogen-bond donors (Lipinski definition) is 2. The number of ether oxygens (including phenoxy) is 1. The normalized spacial score (nSPS) is 18.6. The van der Waals surface area contributed by atoms with Crippen molar-refractivity contribution in [3.63, 3.8) is 0 Å². The number of amides is 4. The van der Waals surface area contributed by atoms with Crippen molar-refractivity contribution in [3.8, 4) is 0 Å². The van der Waals surface area contributed by atoms with Gasteiger partial charge >= 0.3 is 0 Å². The predicted molar refractivity (Wildman–Crippen MR) is 168 cm³/mol. The smallest absolute Gasteiger partial charge is 0.294 e. The molecule has 0 spiro atoms. The highest BCUT2D eigenvalue weighted by atomic mass is 35.5. The second-order valence-electron chi connectivity index (χ2n) is 11.7. The van der Waals surface area contributed by atoms with Crippen molar-refractivity contribution in [2.45, 2.75) is 25.7 Å². The van der Waals surface area contributed by atoms with Crippen LogP contribution in [0, 0.1) is 11.8 Å². The van der Waals surface area contributed by atoms with Crippen molar-refractivity contribution in [1.82, 2.24) is 24.7 Å². The van der Waals surface area contributed by atoms with Crippen molar-refractivity contribution in [1.29, 1.82) is 0 Å². The Morgan fingerprint density at radius 3 is 2.33 bits per heavy atom. The number of rotatable bonds is 9. The molecule has 1 saturated carbocycles. The first-order chi connectivity index (χ1) is 21.6. The van der Waals surface area contributed by atoms with E-state index < -0.39 is 5.91 Å². The number of fused-ring (bicyclic) bond motifs is 1. The Hall–Kier alpha value is -4.07. The molecule has 3 aromatic heterocycles. The van der Waals surface area contributed by atoms with Crippen LogP contribution in [0.4, 0.5) is 11.5 Å². The van der Waals surface area contributed by atoms with Crippen molar-refractivity contribution < 1.29 is 28.3 Å². The Morgan fingerprint density at radius 2 is 1.67 bits per heavy atom. The van der Waals surface area contributed by atoms with E-state index in [9.17, 15) is 19.2 Å². The molecule has 0 aromatic carbocycles. The van der Waals surface area contributed by atoms with Crippen LogP contribution in [-0.4, -0.2) is 109 Å². The fraction of sp³-hybridized carbons (Fsp3) is 0.484. The number of likely N-dealkylation sites (N-methyl/N-ethyl adjacent to an activating group) is 2. The van der Waals surface area contributed by atoms with Crippen molar-refractivity contribution in [2.24, 2.45) is 11.8 Å². The van der Waals surface area contributed by atoms with Gasteiger partial charge in [-0.15, -0.1) is 0 Å². The van der Waals surface area contributed by atoms with Gasteiger partial charge in [-0.1, -0.05) is 11.6 Å². The molecule has 5 rings (SSSR count). The number of morpholine rings is 1. The minimum absolute atomic E-state index is 0.0692. The van der Waals surface area contributed by atoms with Gasteiger partial charge < -0.3 is 34.5 Å². The molecule has 240 valence electrons. The lowest BCUT2D eigenvalue weighted by Gasteiger charge is -2.30. The van der Waals surface area contributed by atoms with E-state index in [1.807, 2.05) is 26.0 Å². The topological polar surface area (TPSA) is 150 Å². The zero-order valence-electron chi connectivity index (χ0n) is 25.7. The van der Waals surface area contributed by atoms with Gasteiger partial charge in [0.05, 0.1) is 18.2 Å². The standard InChI is InChI=1S/C31H38ClN7O6/c1-37(2)12-13-38(3)30(42)20-6-4-19(5-7-20)28(40)36-26-25-23(10-9-22(34-25)31(43)39-14-16-44-17-15-39)45-27(26)29(41)35-24-11-8-21(32)18-33-24/h8-11,18-20H,4-7,12-17H2,1-3H3,(H,36,40)(H,33,35,41)/t19-,20-. The molecule has 45 heavy (non-hydrogen) atoms. The molecule has 1 aliphatic carbocycles.